The van der Waals surface area contributed by atoms with Crippen LogP contribution in [0.1, 0.15) is 24.9 Å². The molecule has 0 radical (unpaired) electrons. The third-order valence-electron chi connectivity index (χ3n) is 2.82. The van der Waals surface area contributed by atoms with Gasteiger partial charge in [0, 0.05) is 24.3 Å². The topological polar surface area (TPSA) is 47.3 Å². The summed E-state index contributed by atoms with van der Waals surface area (Å²) in [5.74, 6) is 5.34. The standard InChI is InChI=1S/C12H18ClFN2O/c1-8(5-6-17-2)12(16-15)10-7-9(13)3-4-11(10)14/h3-4,7-8,12,16H,5-6,15H2,1-2H3. The first-order chi connectivity index (χ1) is 8.10. The van der Waals surface area contributed by atoms with Crippen molar-refractivity contribution in [2.24, 2.45) is 11.8 Å². The van der Waals surface area contributed by atoms with Gasteiger partial charge in [-0.3, -0.25) is 11.3 Å². The number of nitrogens with two attached hydrogens (primary N) is 1. The molecule has 96 valence electrons. The summed E-state index contributed by atoms with van der Waals surface area (Å²) < 4.78 is 18.7. The Morgan fingerprint density at radius 1 is 1.53 bits per heavy atom. The van der Waals surface area contributed by atoms with Gasteiger partial charge in [0.15, 0.2) is 0 Å². The normalized spacial score (nSPS) is 14.6. The summed E-state index contributed by atoms with van der Waals surface area (Å²) in [6.07, 6.45) is 0.789. The second-order valence-corrected chi connectivity index (χ2v) is 4.51. The number of halogens is 2. The lowest BCUT2D eigenvalue weighted by Crippen LogP contribution is -2.33. The van der Waals surface area contributed by atoms with Gasteiger partial charge in [0.05, 0.1) is 6.04 Å². The minimum Gasteiger partial charge on any atom is -0.385 e. The van der Waals surface area contributed by atoms with Gasteiger partial charge in [-0.15, -0.1) is 0 Å². The fourth-order valence-corrected chi connectivity index (χ4v) is 1.96. The van der Waals surface area contributed by atoms with Crippen LogP contribution in [-0.2, 0) is 4.74 Å². The highest BCUT2D eigenvalue weighted by Gasteiger charge is 2.21. The number of benzene rings is 1. The second kappa shape index (κ2) is 6.91. The van der Waals surface area contributed by atoms with Crippen molar-refractivity contribution < 1.29 is 9.13 Å². The van der Waals surface area contributed by atoms with Crippen LogP contribution in [0.25, 0.3) is 0 Å². The second-order valence-electron chi connectivity index (χ2n) is 4.07. The van der Waals surface area contributed by atoms with Crippen molar-refractivity contribution in [2.45, 2.75) is 19.4 Å². The van der Waals surface area contributed by atoms with E-state index in [1.165, 1.54) is 12.1 Å². The van der Waals surface area contributed by atoms with Gasteiger partial charge in [-0.2, -0.15) is 0 Å². The monoisotopic (exact) mass is 260 g/mol. The van der Waals surface area contributed by atoms with Crippen LogP contribution in [0.3, 0.4) is 0 Å². The lowest BCUT2D eigenvalue weighted by molar-refractivity contribution is 0.169. The van der Waals surface area contributed by atoms with Crippen molar-refractivity contribution in [3.63, 3.8) is 0 Å². The van der Waals surface area contributed by atoms with E-state index in [-0.39, 0.29) is 17.8 Å². The molecule has 0 amide bonds. The Balaban J connectivity index is 2.88. The van der Waals surface area contributed by atoms with E-state index in [9.17, 15) is 4.39 Å². The Bertz CT molecular complexity index is 362. The molecule has 0 aliphatic carbocycles. The highest BCUT2D eigenvalue weighted by atomic mass is 35.5. The number of hydrazine groups is 1. The van der Waals surface area contributed by atoms with Gasteiger partial charge in [-0.1, -0.05) is 18.5 Å². The molecule has 0 bridgehead atoms. The zero-order chi connectivity index (χ0) is 12.8. The van der Waals surface area contributed by atoms with Crippen LogP contribution in [-0.4, -0.2) is 13.7 Å². The summed E-state index contributed by atoms with van der Waals surface area (Å²) in [6, 6.07) is 4.20. The molecule has 0 saturated carbocycles. The molecule has 0 aliphatic heterocycles. The summed E-state index contributed by atoms with van der Waals surface area (Å²) in [5, 5.41) is 0.501. The maximum Gasteiger partial charge on any atom is 0.128 e. The first kappa shape index (κ1) is 14.4. The largest absolute Gasteiger partial charge is 0.385 e. The predicted octanol–water partition coefficient (Wildman–Crippen LogP) is 2.66. The van der Waals surface area contributed by atoms with Crippen molar-refractivity contribution in [1.82, 2.24) is 5.43 Å². The number of nitrogens with one attached hydrogen (secondary N) is 1. The fraction of sp³-hybridized carbons (Fsp3) is 0.500. The van der Waals surface area contributed by atoms with Crippen LogP contribution in [0, 0.1) is 11.7 Å². The van der Waals surface area contributed by atoms with E-state index in [2.05, 4.69) is 5.43 Å². The summed E-state index contributed by atoms with van der Waals surface area (Å²) in [4.78, 5) is 0. The number of ether oxygens (including phenoxy) is 1. The van der Waals surface area contributed by atoms with Crippen molar-refractivity contribution in [1.29, 1.82) is 0 Å². The van der Waals surface area contributed by atoms with Crippen LogP contribution in [0.2, 0.25) is 5.02 Å². The van der Waals surface area contributed by atoms with E-state index >= 15 is 0 Å². The van der Waals surface area contributed by atoms with Crippen LogP contribution < -0.4 is 11.3 Å². The molecule has 1 aromatic rings. The molecule has 0 aromatic heterocycles. The van der Waals surface area contributed by atoms with E-state index in [0.29, 0.717) is 17.2 Å². The van der Waals surface area contributed by atoms with Gasteiger partial charge in [0.1, 0.15) is 5.82 Å². The lowest BCUT2D eigenvalue weighted by Gasteiger charge is -2.24. The Kier molecular flexibility index (Phi) is 5.85. The van der Waals surface area contributed by atoms with Crippen molar-refractivity contribution in [2.75, 3.05) is 13.7 Å². The molecular formula is C12H18ClFN2O. The van der Waals surface area contributed by atoms with Crippen molar-refractivity contribution in [3.8, 4) is 0 Å². The van der Waals surface area contributed by atoms with Gasteiger partial charge < -0.3 is 4.74 Å². The summed E-state index contributed by atoms with van der Waals surface area (Å²) in [6.45, 7) is 2.60. The maximum absolute atomic E-state index is 13.7. The van der Waals surface area contributed by atoms with Crippen molar-refractivity contribution >= 4 is 11.6 Å². The smallest absolute Gasteiger partial charge is 0.128 e. The Hall–Kier alpha value is -0.680. The summed E-state index contributed by atoms with van der Waals surface area (Å²) in [7, 11) is 1.64. The zero-order valence-electron chi connectivity index (χ0n) is 10.0. The Morgan fingerprint density at radius 3 is 2.82 bits per heavy atom. The Labute approximate surface area is 106 Å². The molecule has 3 nitrogen and oxygen atoms in total. The van der Waals surface area contributed by atoms with Crippen LogP contribution >= 0.6 is 11.6 Å². The zero-order valence-corrected chi connectivity index (χ0v) is 10.8. The molecule has 1 aromatic carbocycles. The minimum atomic E-state index is -0.304. The van der Waals surface area contributed by atoms with E-state index in [4.69, 9.17) is 22.2 Å². The lowest BCUT2D eigenvalue weighted by atomic mass is 9.92. The molecule has 3 N–H and O–H groups in total. The van der Waals surface area contributed by atoms with Gasteiger partial charge in [-0.05, 0) is 30.5 Å². The third kappa shape index (κ3) is 3.92. The molecule has 5 heteroatoms. The van der Waals surface area contributed by atoms with Crippen molar-refractivity contribution in [3.05, 3.63) is 34.6 Å². The predicted molar refractivity (Wildman–Crippen MR) is 67.1 cm³/mol. The maximum atomic E-state index is 13.7. The van der Waals surface area contributed by atoms with Gasteiger partial charge in [0.25, 0.3) is 0 Å². The van der Waals surface area contributed by atoms with Crippen LogP contribution in [0.15, 0.2) is 18.2 Å². The Morgan fingerprint density at radius 2 is 2.24 bits per heavy atom. The highest BCUT2D eigenvalue weighted by Crippen LogP contribution is 2.28. The molecule has 0 heterocycles. The molecule has 0 aliphatic rings. The first-order valence-electron chi connectivity index (χ1n) is 5.50. The number of hydrogen-bond donors (Lipinski definition) is 2. The average Bonchev–Trinajstić information content (AvgIpc) is 2.32. The first-order valence-corrected chi connectivity index (χ1v) is 5.88. The molecule has 2 atom stereocenters. The van der Waals surface area contributed by atoms with Crippen LogP contribution in [0.4, 0.5) is 4.39 Å². The molecule has 1 rings (SSSR count). The molecule has 17 heavy (non-hydrogen) atoms. The van der Waals surface area contributed by atoms with E-state index in [0.717, 1.165) is 6.42 Å². The highest BCUT2D eigenvalue weighted by molar-refractivity contribution is 6.30. The fourth-order valence-electron chi connectivity index (χ4n) is 1.78. The number of hydrogen-bond acceptors (Lipinski definition) is 3. The number of methoxy groups -OCH3 is 1. The molecular weight excluding hydrogens is 243 g/mol. The van der Waals surface area contributed by atoms with E-state index in [1.54, 1.807) is 13.2 Å². The molecule has 2 unspecified atom stereocenters. The molecule has 0 spiro atoms. The summed E-state index contributed by atoms with van der Waals surface area (Å²) in [5.41, 5.74) is 3.13. The SMILES string of the molecule is COCCC(C)C(NN)c1cc(Cl)ccc1F. The van der Waals surface area contributed by atoms with E-state index < -0.39 is 0 Å². The van der Waals surface area contributed by atoms with Gasteiger partial charge in [-0.25, -0.2) is 4.39 Å². The molecule has 0 fully saturated rings. The molecule has 0 saturated heterocycles. The summed E-state index contributed by atoms with van der Waals surface area (Å²) >= 11 is 5.87. The average molecular weight is 261 g/mol. The number of rotatable bonds is 6. The third-order valence-corrected chi connectivity index (χ3v) is 3.05. The van der Waals surface area contributed by atoms with Gasteiger partial charge >= 0.3 is 0 Å². The quantitative estimate of drug-likeness (QED) is 0.611. The van der Waals surface area contributed by atoms with Crippen LogP contribution in [0.5, 0.6) is 0 Å². The van der Waals surface area contributed by atoms with E-state index in [1.807, 2.05) is 6.92 Å². The minimum absolute atomic E-state index is 0.146. The van der Waals surface area contributed by atoms with Gasteiger partial charge in [0.2, 0.25) is 0 Å².